The molecule has 2 aromatic carbocycles. The van der Waals surface area contributed by atoms with Crippen LogP contribution in [0.3, 0.4) is 0 Å². The first kappa shape index (κ1) is 19.6. The molecule has 0 spiro atoms. The van der Waals surface area contributed by atoms with E-state index >= 15 is 0 Å². The van der Waals surface area contributed by atoms with Crippen LogP contribution in [0.1, 0.15) is 29.0 Å². The number of amides is 1. The van der Waals surface area contributed by atoms with Gasteiger partial charge in [0.05, 0.1) is 28.2 Å². The highest BCUT2D eigenvalue weighted by atomic mass is 35.5. The van der Waals surface area contributed by atoms with Crippen molar-refractivity contribution in [3.05, 3.63) is 93.5 Å². The van der Waals surface area contributed by atoms with Gasteiger partial charge in [0.2, 0.25) is 0 Å². The van der Waals surface area contributed by atoms with E-state index in [0.29, 0.717) is 27.2 Å². The number of hydrogen-bond acceptors (Lipinski definition) is 5. The van der Waals surface area contributed by atoms with E-state index in [1.54, 1.807) is 23.6 Å². The van der Waals surface area contributed by atoms with Gasteiger partial charge in [0.15, 0.2) is 5.82 Å². The molecule has 2 heterocycles. The van der Waals surface area contributed by atoms with Gasteiger partial charge in [0.25, 0.3) is 11.5 Å². The number of pyridine rings is 1. The third kappa shape index (κ3) is 3.51. The second kappa shape index (κ2) is 7.96. The standard InChI is InChI=1S/C22H18ClN5O2/c1-13(26-21(29)16-10-11-25-27-20(16)24)18-12-14-6-5-9-17(23)19(14)22(30)28(18)15-7-3-2-4-8-15/h2-13H,1H3,(H2,24,27)(H,26,29)/t13-/m0/s1. The number of nitrogen functional groups attached to an aromatic ring is 1. The maximum atomic E-state index is 13.4. The number of aromatic nitrogens is 3. The molecular weight excluding hydrogens is 402 g/mol. The van der Waals surface area contributed by atoms with Crippen molar-refractivity contribution in [3.63, 3.8) is 0 Å². The molecule has 150 valence electrons. The number of carbonyl (C=O) groups is 1. The molecule has 0 saturated heterocycles. The van der Waals surface area contributed by atoms with Gasteiger partial charge in [-0.1, -0.05) is 41.9 Å². The van der Waals surface area contributed by atoms with Crippen LogP contribution in [-0.2, 0) is 0 Å². The summed E-state index contributed by atoms with van der Waals surface area (Å²) < 4.78 is 1.56. The normalized spacial score (nSPS) is 11.9. The summed E-state index contributed by atoms with van der Waals surface area (Å²) >= 11 is 6.33. The first-order valence-corrected chi connectivity index (χ1v) is 9.63. The first-order chi connectivity index (χ1) is 14.5. The predicted molar refractivity (Wildman–Crippen MR) is 117 cm³/mol. The number of nitrogens with two attached hydrogens (primary N) is 1. The van der Waals surface area contributed by atoms with Crippen molar-refractivity contribution < 1.29 is 4.79 Å². The molecule has 0 aliphatic rings. The Morgan fingerprint density at radius 1 is 1.13 bits per heavy atom. The van der Waals surface area contributed by atoms with E-state index in [-0.39, 0.29) is 16.9 Å². The van der Waals surface area contributed by atoms with E-state index in [1.807, 2.05) is 42.5 Å². The summed E-state index contributed by atoms with van der Waals surface area (Å²) in [5.74, 6) is -0.374. The van der Waals surface area contributed by atoms with E-state index in [4.69, 9.17) is 17.3 Å². The van der Waals surface area contributed by atoms with Crippen LogP contribution in [0.5, 0.6) is 0 Å². The van der Waals surface area contributed by atoms with Crippen LogP contribution in [0.2, 0.25) is 5.02 Å². The molecule has 0 fully saturated rings. The van der Waals surface area contributed by atoms with Crippen molar-refractivity contribution in [2.75, 3.05) is 5.73 Å². The molecule has 0 unspecified atom stereocenters. The zero-order valence-corrected chi connectivity index (χ0v) is 16.8. The fourth-order valence-electron chi connectivity index (χ4n) is 3.38. The summed E-state index contributed by atoms with van der Waals surface area (Å²) in [6.07, 6.45) is 1.40. The van der Waals surface area contributed by atoms with Crippen LogP contribution >= 0.6 is 11.6 Å². The molecule has 4 rings (SSSR count). The zero-order valence-electron chi connectivity index (χ0n) is 16.0. The Kier molecular flexibility index (Phi) is 5.20. The van der Waals surface area contributed by atoms with Crippen LogP contribution in [-0.4, -0.2) is 20.7 Å². The molecule has 0 aliphatic carbocycles. The highest BCUT2D eigenvalue weighted by Gasteiger charge is 2.20. The first-order valence-electron chi connectivity index (χ1n) is 9.25. The number of hydrogen-bond donors (Lipinski definition) is 2. The Morgan fingerprint density at radius 2 is 1.90 bits per heavy atom. The van der Waals surface area contributed by atoms with Crippen LogP contribution < -0.4 is 16.6 Å². The fourth-order valence-corrected chi connectivity index (χ4v) is 3.65. The van der Waals surface area contributed by atoms with E-state index in [9.17, 15) is 9.59 Å². The highest BCUT2D eigenvalue weighted by molar-refractivity contribution is 6.35. The smallest absolute Gasteiger partial charge is 0.264 e. The minimum absolute atomic E-state index is 0.0351. The van der Waals surface area contributed by atoms with Gasteiger partial charge in [0, 0.05) is 11.4 Å². The van der Waals surface area contributed by atoms with E-state index < -0.39 is 11.9 Å². The summed E-state index contributed by atoms with van der Waals surface area (Å²) in [5, 5.41) is 11.8. The molecule has 30 heavy (non-hydrogen) atoms. The van der Waals surface area contributed by atoms with Crippen LogP contribution in [0, 0.1) is 0 Å². The second-order valence-corrected chi connectivity index (χ2v) is 7.18. The fraction of sp³-hybridized carbons (Fsp3) is 0.0909. The van der Waals surface area contributed by atoms with Crippen molar-refractivity contribution in [1.29, 1.82) is 0 Å². The van der Waals surface area contributed by atoms with Crippen molar-refractivity contribution >= 4 is 34.1 Å². The number of anilines is 1. The molecule has 8 heteroatoms. The number of halogens is 1. The highest BCUT2D eigenvalue weighted by Crippen LogP contribution is 2.25. The summed E-state index contributed by atoms with van der Waals surface area (Å²) in [5.41, 5.74) is 7.00. The second-order valence-electron chi connectivity index (χ2n) is 6.77. The minimum atomic E-state index is -0.513. The average Bonchev–Trinajstić information content (AvgIpc) is 2.74. The predicted octanol–water partition coefficient (Wildman–Crippen LogP) is 3.51. The van der Waals surface area contributed by atoms with Crippen LogP contribution in [0.4, 0.5) is 5.82 Å². The zero-order chi connectivity index (χ0) is 21.3. The molecule has 1 amide bonds. The quantitative estimate of drug-likeness (QED) is 0.527. The minimum Gasteiger partial charge on any atom is -0.382 e. The number of benzene rings is 2. The Morgan fingerprint density at radius 3 is 2.63 bits per heavy atom. The topological polar surface area (TPSA) is 103 Å². The molecule has 0 radical (unpaired) electrons. The van der Waals surface area contributed by atoms with Gasteiger partial charge in [-0.3, -0.25) is 14.2 Å². The lowest BCUT2D eigenvalue weighted by molar-refractivity contribution is 0.0939. The number of nitrogens with one attached hydrogen (secondary N) is 1. The van der Waals surface area contributed by atoms with Crippen LogP contribution in [0.15, 0.2) is 71.7 Å². The van der Waals surface area contributed by atoms with Crippen molar-refractivity contribution in [1.82, 2.24) is 20.1 Å². The van der Waals surface area contributed by atoms with Gasteiger partial charge in [-0.25, -0.2) is 0 Å². The Bertz CT molecular complexity index is 1300. The lowest BCUT2D eigenvalue weighted by Gasteiger charge is -2.21. The molecule has 0 bridgehead atoms. The monoisotopic (exact) mass is 419 g/mol. The van der Waals surface area contributed by atoms with Gasteiger partial charge >= 0.3 is 0 Å². The Hall–Kier alpha value is -3.71. The number of nitrogens with zero attached hydrogens (tertiary/aromatic N) is 3. The third-order valence-corrected chi connectivity index (χ3v) is 5.14. The van der Waals surface area contributed by atoms with E-state index in [2.05, 4.69) is 15.5 Å². The molecule has 7 nitrogen and oxygen atoms in total. The van der Waals surface area contributed by atoms with Gasteiger partial charge in [-0.2, -0.15) is 5.10 Å². The molecular formula is C22H18ClN5O2. The van der Waals surface area contributed by atoms with Crippen molar-refractivity contribution in [2.45, 2.75) is 13.0 Å². The molecule has 3 N–H and O–H groups in total. The largest absolute Gasteiger partial charge is 0.382 e. The van der Waals surface area contributed by atoms with E-state index in [0.717, 1.165) is 0 Å². The summed E-state index contributed by atoms with van der Waals surface area (Å²) in [6.45, 7) is 1.80. The SMILES string of the molecule is C[C@H](NC(=O)c1ccnnc1N)c1cc2cccc(Cl)c2c(=O)n1-c1ccccc1. The van der Waals surface area contributed by atoms with Gasteiger partial charge < -0.3 is 11.1 Å². The van der Waals surface area contributed by atoms with E-state index in [1.165, 1.54) is 12.3 Å². The van der Waals surface area contributed by atoms with Gasteiger partial charge in [-0.05, 0) is 42.6 Å². The van der Waals surface area contributed by atoms with Crippen molar-refractivity contribution in [3.8, 4) is 5.69 Å². The summed E-state index contributed by atoms with van der Waals surface area (Å²) in [6, 6.07) is 17.3. The number of rotatable bonds is 4. The Labute approximate surface area is 177 Å². The molecule has 0 aliphatic heterocycles. The Balaban J connectivity index is 1.86. The number of carbonyl (C=O) groups excluding carboxylic acids is 1. The molecule has 1 atom stereocenters. The average molecular weight is 420 g/mol. The summed E-state index contributed by atoms with van der Waals surface area (Å²) in [7, 11) is 0. The summed E-state index contributed by atoms with van der Waals surface area (Å²) in [4.78, 5) is 26.1. The maximum absolute atomic E-state index is 13.4. The third-order valence-electron chi connectivity index (χ3n) is 4.82. The van der Waals surface area contributed by atoms with Gasteiger partial charge in [0.1, 0.15) is 0 Å². The molecule has 4 aromatic rings. The van der Waals surface area contributed by atoms with Crippen LogP contribution in [0.25, 0.3) is 16.5 Å². The molecule has 2 aromatic heterocycles. The van der Waals surface area contributed by atoms with Gasteiger partial charge in [-0.15, -0.1) is 5.10 Å². The maximum Gasteiger partial charge on any atom is 0.264 e. The molecule has 0 saturated carbocycles. The van der Waals surface area contributed by atoms with Crippen molar-refractivity contribution in [2.24, 2.45) is 0 Å². The number of fused-ring (bicyclic) bond motifs is 1. The number of para-hydroxylation sites is 1. The lowest BCUT2D eigenvalue weighted by Crippen LogP contribution is -2.32. The lowest BCUT2D eigenvalue weighted by atomic mass is 10.1.